The average molecular weight is 288 g/mol. The minimum absolute atomic E-state index is 0.00799. The largest absolute Gasteiger partial charge is 0.351 e. The van der Waals surface area contributed by atoms with Crippen LogP contribution in [-0.4, -0.2) is 39.1 Å². The fourth-order valence-corrected chi connectivity index (χ4v) is 2.90. The van der Waals surface area contributed by atoms with Gasteiger partial charge in [0.15, 0.2) is 0 Å². The molecule has 1 aromatic heterocycles. The molecule has 2 heterocycles. The maximum Gasteiger partial charge on any atom is 0.246 e. The van der Waals surface area contributed by atoms with Crippen LogP contribution in [0.3, 0.4) is 0 Å². The van der Waals surface area contributed by atoms with Gasteiger partial charge in [0, 0.05) is 18.7 Å². The Bertz CT molecular complexity index is 574. The van der Waals surface area contributed by atoms with E-state index in [0.29, 0.717) is 31.5 Å². The predicted octanol–water partition coefficient (Wildman–Crippen LogP) is 0.845. The van der Waals surface area contributed by atoms with E-state index >= 15 is 0 Å². The van der Waals surface area contributed by atoms with Crippen molar-refractivity contribution in [2.75, 3.05) is 6.54 Å². The maximum absolute atomic E-state index is 12.4. The fraction of sp³-hybridized carbons (Fsp3) is 0.667. The molecule has 0 bridgehead atoms. The van der Waals surface area contributed by atoms with E-state index in [1.807, 2.05) is 11.0 Å². The van der Waals surface area contributed by atoms with E-state index < -0.39 is 0 Å². The molecular weight excluding hydrogens is 268 g/mol. The predicted molar refractivity (Wildman–Crippen MR) is 75.2 cm³/mol. The van der Waals surface area contributed by atoms with Gasteiger partial charge in [-0.3, -0.25) is 14.3 Å². The highest BCUT2D eigenvalue weighted by atomic mass is 16.2. The summed E-state index contributed by atoms with van der Waals surface area (Å²) in [6, 6.07) is 1.84. The van der Waals surface area contributed by atoms with Gasteiger partial charge in [-0.2, -0.15) is 5.10 Å². The van der Waals surface area contributed by atoms with E-state index in [4.69, 9.17) is 0 Å². The molecular formula is C15H20N4O2. The number of hydrogen-bond acceptors (Lipinski definition) is 3. The van der Waals surface area contributed by atoms with Crippen LogP contribution < -0.4 is 5.32 Å². The van der Waals surface area contributed by atoms with Crippen LogP contribution in [0.5, 0.6) is 0 Å². The molecule has 1 N–H and O–H groups in total. The molecule has 6 nitrogen and oxygen atoms in total. The topological polar surface area (TPSA) is 67.2 Å². The third-order valence-corrected chi connectivity index (χ3v) is 4.53. The van der Waals surface area contributed by atoms with Gasteiger partial charge in [-0.05, 0) is 37.7 Å². The molecule has 2 amide bonds. The van der Waals surface area contributed by atoms with Gasteiger partial charge in [-0.15, -0.1) is 0 Å². The second-order valence-corrected chi connectivity index (χ2v) is 6.49. The first kappa shape index (κ1) is 12.9. The summed E-state index contributed by atoms with van der Waals surface area (Å²) in [5.74, 6) is 0.739. The van der Waals surface area contributed by atoms with Gasteiger partial charge in [0.05, 0.1) is 18.8 Å². The second kappa shape index (κ2) is 4.86. The molecule has 0 unspecified atom stereocenters. The van der Waals surface area contributed by atoms with Crippen molar-refractivity contribution >= 4 is 11.8 Å². The normalized spacial score (nSPS) is 24.6. The molecule has 112 valence electrons. The Balaban J connectivity index is 1.51. The quantitative estimate of drug-likeness (QED) is 0.893. The first-order valence-electron chi connectivity index (χ1n) is 7.81. The summed E-state index contributed by atoms with van der Waals surface area (Å²) in [6.45, 7) is 1.01. The number of fused-ring (bicyclic) bond motifs is 1. The van der Waals surface area contributed by atoms with E-state index in [-0.39, 0.29) is 17.9 Å². The lowest BCUT2D eigenvalue weighted by molar-refractivity contribution is -0.135. The standard InChI is InChI=1S/C15H20N4O2/c20-14(7-10-1-2-10)18-8-12-5-6-16-19(12)13(9-18)15(21)17-11-3-4-11/h5-6,10-11,13H,1-4,7-9H2,(H,17,21)/t13-/m0/s1. The number of rotatable bonds is 4. The minimum Gasteiger partial charge on any atom is -0.351 e. The third-order valence-electron chi connectivity index (χ3n) is 4.53. The number of nitrogens with zero attached hydrogens (tertiary/aromatic N) is 3. The zero-order chi connectivity index (χ0) is 14.4. The van der Waals surface area contributed by atoms with Crippen LogP contribution in [0.2, 0.25) is 0 Å². The van der Waals surface area contributed by atoms with Gasteiger partial charge >= 0.3 is 0 Å². The first-order valence-corrected chi connectivity index (χ1v) is 7.81. The molecule has 6 heteroatoms. The molecule has 1 aromatic rings. The Morgan fingerprint density at radius 1 is 1.29 bits per heavy atom. The van der Waals surface area contributed by atoms with Crippen molar-refractivity contribution < 1.29 is 9.59 Å². The van der Waals surface area contributed by atoms with Gasteiger partial charge in [-0.25, -0.2) is 0 Å². The van der Waals surface area contributed by atoms with Crippen molar-refractivity contribution in [2.24, 2.45) is 5.92 Å². The number of nitrogens with one attached hydrogen (secondary N) is 1. The van der Waals surface area contributed by atoms with Crippen LogP contribution in [0.4, 0.5) is 0 Å². The molecule has 1 atom stereocenters. The Labute approximate surface area is 123 Å². The number of carbonyl (C=O) groups is 2. The molecule has 4 rings (SSSR count). The van der Waals surface area contributed by atoms with Gasteiger partial charge in [0.1, 0.15) is 6.04 Å². The molecule has 0 spiro atoms. The maximum atomic E-state index is 12.4. The highest BCUT2D eigenvalue weighted by Crippen LogP contribution is 2.34. The molecule has 3 aliphatic rings. The van der Waals surface area contributed by atoms with Crippen LogP contribution in [-0.2, 0) is 16.1 Å². The summed E-state index contributed by atoms with van der Waals surface area (Å²) in [4.78, 5) is 26.6. The fourth-order valence-electron chi connectivity index (χ4n) is 2.90. The summed E-state index contributed by atoms with van der Waals surface area (Å²) in [6.07, 6.45) is 6.81. The lowest BCUT2D eigenvalue weighted by Crippen LogP contribution is -2.47. The van der Waals surface area contributed by atoms with Crippen LogP contribution >= 0.6 is 0 Å². The molecule has 1 aliphatic heterocycles. The van der Waals surface area contributed by atoms with Crippen LogP contribution in [0.15, 0.2) is 12.3 Å². The molecule has 0 aromatic carbocycles. The van der Waals surface area contributed by atoms with Crippen molar-refractivity contribution in [3.63, 3.8) is 0 Å². The van der Waals surface area contributed by atoms with E-state index in [1.165, 1.54) is 12.8 Å². The lowest BCUT2D eigenvalue weighted by Gasteiger charge is -2.33. The molecule has 0 saturated heterocycles. The summed E-state index contributed by atoms with van der Waals surface area (Å²) in [5.41, 5.74) is 0.946. The number of amides is 2. The van der Waals surface area contributed by atoms with Gasteiger partial charge in [0.25, 0.3) is 0 Å². The number of aromatic nitrogens is 2. The summed E-state index contributed by atoms with van der Waals surface area (Å²) < 4.78 is 1.78. The van der Waals surface area contributed by atoms with Gasteiger partial charge < -0.3 is 10.2 Å². The summed E-state index contributed by atoms with van der Waals surface area (Å²) in [5, 5.41) is 7.30. The van der Waals surface area contributed by atoms with Crippen molar-refractivity contribution in [3.8, 4) is 0 Å². The zero-order valence-electron chi connectivity index (χ0n) is 12.0. The number of carbonyl (C=O) groups excluding carboxylic acids is 2. The SMILES string of the molecule is O=C(NC1CC1)[C@@H]1CN(C(=O)CC2CC2)Cc2ccnn21. The Morgan fingerprint density at radius 2 is 2.10 bits per heavy atom. The Morgan fingerprint density at radius 3 is 2.81 bits per heavy atom. The Kier molecular flexibility index (Phi) is 2.97. The van der Waals surface area contributed by atoms with E-state index in [1.54, 1.807) is 10.9 Å². The molecule has 2 aliphatic carbocycles. The van der Waals surface area contributed by atoms with Crippen molar-refractivity contribution in [1.29, 1.82) is 0 Å². The summed E-state index contributed by atoms with van der Waals surface area (Å²) in [7, 11) is 0. The van der Waals surface area contributed by atoms with Crippen LogP contribution in [0.1, 0.15) is 43.8 Å². The lowest BCUT2D eigenvalue weighted by atomic mass is 10.1. The van der Waals surface area contributed by atoms with Gasteiger partial charge in [-0.1, -0.05) is 0 Å². The third kappa shape index (κ3) is 2.66. The van der Waals surface area contributed by atoms with E-state index in [2.05, 4.69) is 10.4 Å². The van der Waals surface area contributed by atoms with Crippen LogP contribution in [0.25, 0.3) is 0 Å². The molecule has 2 saturated carbocycles. The van der Waals surface area contributed by atoms with Crippen molar-refractivity contribution in [3.05, 3.63) is 18.0 Å². The van der Waals surface area contributed by atoms with E-state index in [9.17, 15) is 9.59 Å². The monoisotopic (exact) mass is 288 g/mol. The second-order valence-electron chi connectivity index (χ2n) is 6.49. The van der Waals surface area contributed by atoms with Crippen LogP contribution in [0, 0.1) is 5.92 Å². The first-order chi connectivity index (χ1) is 10.2. The highest BCUT2D eigenvalue weighted by Gasteiger charge is 2.36. The minimum atomic E-state index is -0.382. The molecule has 0 radical (unpaired) electrons. The zero-order valence-corrected chi connectivity index (χ0v) is 12.0. The smallest absolute Gasteiger partial charge is 0.246 e. The summed E-state index contributed by atoms with van der Waals surface area (Å²) >= 11 is 0. The average Bonchev–Trinajstić information content (AvgIpc) is 3.39. The van der Waals surface area contributed by atoms with Crippen molar-refractivity contribution in [1.82, 2.24) is 20.0 Å². The molecule has 21 heavy (non-hydrogen) atoms. The number of hydrogen-bond donors (Lipinski definition) is 1. The Hall–Kier alpha value is -1.85. The van der Waals surface area contributed by atoms with Crippen molar-refractivity contribution in [2.45, 2.75) is 50.7 Å². The van der Waals surface area contributed by atoms with Gasteiger partial charge in [0.2, 0.25) is 11.8 Å². The van der Waals surface area contributed by atoms with E-state index in [0.717, 1.165) is 18.5 Å². The highest BCUT2D eigenvalue weighted by molar-refractivity contribution is 5.83. The molecule has 2 fully saturated rings.